The van der Waals surface area contributed by atoms with Crippen LogP contribution < -0.4 is 5.56 Å². The lowest BCUT2D eigenvalue weighted by atomic mass is 10.3. The molecule has 0 spiro atoms. The molecule has 0 aliphatic heterocycles. The molecule has 0 unspecified atom stereocenters. The van der Waals surface area contributed by atoms with Crippen LogP contribution in [-0.4, -0.2) is 9.55 Å². The molecule has 0 saturated carbocycles. The molecule has 2 aromatic rings. The standard InChI is InChI=1S/C13H15N3OS/c1-3-5-11-15-12-10(8-9(4-2)18-12)13(17)16(11)7-6-14/h8H,3-5,7H2,1-2H3. The molecule has 2 aromatic heterocycles. The lowest BCUT2D eigenvalue weighted by Gasteiger charge is -2.07. The zero-order valence-corrected chi connectivity index (χ0v) is 11.4. The zero-order chi connectivity index (χ0) is 13.1. The van der Waals surface area contributed by atoms with Gasteiger partial charge >= 0.3 is 0 Å². The van der Waals surface area contributed by atoms with Gasteiger partial charge in [0.05, 0.1) is 11.5 Å². The maximum atomic E-state index is 12.3. The van der Waals surface area contributed by atoms with Gasteiger partial charge in [-0.05, 0) is 18.9 Å². The van der Waals surface area contributed by atoms with Crippen molar-refractivity contribution in [3.63, 3.8) is 0 Å². The number of nitriles is 1. The second-order valence-electron chi connectivity index (χ2n) is 4.11. The summed E-state index contributed by atoms with van der Waals surface area (Å²) >= 11 is 1.57. The van der Waals surface area contributed by atoms with Gasteiger partial charge in [-0.2, -0.15) is 5.26 Å². The predicted octanol–water partition coefficient (Wildman–Crippen LogP) is 2.50. The molecule has 0 amide bonds. The van der Waals surface area contributed by atoms with Crippen LogP contribution in [0.1, 0.15) is 31.0 Å². The highest BCUT2D eigenvalue weighted by molar-refractivity contribution is 7.18. The number of rotatable bonds is 4. The van der Waals surface area contributed by atoms with Crippen molar-refractivity contribution in [3.05, 3.63) is 27.1 Å². The normalized spacial score (nSPS) is 10.7. The van der Waals surface area contributed by atoms with E-state index in [4.69, 9.17) is 5.26 Å². The van der Waals surface area contributed by atoms with Crippen LogP contribution in [0, 0.1) is 11.3 Å². The van der Waals surface area contributed by atoms with Crippen LogP contribution in [0.4, 0.5) is 0 Å². The molecule has 0 fully saturated rings. The average molecular weight is 261 g/mol. The van der Waals surface area contributed by atoms with Gasteiger partial charge in [-0.3, -0.25) is 9.36 Å². The van der Waals surface area contributed by atoms with Gasteiger partial charge in [-0.25, -0.2) is 4.98 Å². The lowest BCUT2D eigenvalue weighted by Crippen LogP contribution is -2.24. The highest BCUT2D eigenvalue weighted by atomic mass is 32.1. The molecule has 18 heavy (non-hydrogen) atoms. The fourth-order valence-electron chi connectivity index (χ4n) is 1.93. The molecule has 94 valence electrons. The van der Waals surface area contributed by atoms with Crippen molar-refractivity contribution in [2.45, 2.75) is 39.7 Å². The fraction of sp³-hybridized carbons (Fsp3) is 0.462. The number of aryl methyl sites for hydroxylation is 2. The number of hydrogen-bond acceptors (Lipinski definition) is 4. The highest BCUT2D eigenvalue weighted by Gasteiger charge is 2.12. The maximum absolute atomic E-state index is 12.3. The van der Waals surface area contributed by atoms with Gasteiger partial charge in [0, 0.05) is 11.3 Å². The summed E-state index contributed by atoms with van der Waals surface area (Å²) in [4.78, 5) is 18.8. The molecule has 4 nitrogen and oxygen atoms in total. The molecule has 0 radical (unpaired) electrons. The molecular weight excluding hydrogens is 246 g/mol. The molecule has 0 aliphatic rings. The van der Waals surface area contributed by atoms with Crippen molar-refractivity contribution >= 4 is 21.6 Å². The number of thiophene rings is 1. The molecule has 0 aliphatic carbocycles. The Balaban J connectivity index is 2.71. The Bertz CT molecular complexity index is 663. The summed E-state index contributed by atoms with van der Waals surface area (Å²) in [6.45, 7) is 4.18. The summed E-state index contributed by atoms with van der Waals surface area (Å²) in [7, 11) is 0. The predicted molar refractivity (Wildman–Crippen MR) is 72.9 cm³/mol. The first-order valence-electron chi connectivity index (χ1n) is 6.10. The van der Waals surface area contributed by atoms with Crippen molar-refractivity contribution in [1.82, 2.24) is 9.55 Å². The van der Waals surface area contributed by atoms with Crippen LogP contribution in [0.15, 0.2) is 10.9 Å². The summed E-state index contributed by atoms with van der Waals surface area (Å²) < 4.78 is 1.50. The second kappa shape index (κ2) is 5.32. The van der Waals surface area contributed by atoms with Gasteiger partial charge in [0.25, 0.3) is 5.56 Å². The van der Waals surface area contributed by atoms with E-state index in [2.05, 4.69) is 11.9 Å². The van der Waals surface area contributed by atoms with E-state index in [0.717, 1.165) is 34.8 Å². The molecule has 2 rings (SSSR count). The molecule has 0 N–H and O–H groups in total. The third-order valence-electron chi connectivity index (χ3n) is 2.83. The molecule has 0 bridgehead atoms. The Morgan fingerprint density at radius 3 is 2.89 bits per heavy atom. The van der Waals surface area contributed by atoms with Gasteiger partial charge in [0.1, 0.15) is 17.2 Å². The van der Waals surface area contributed by atoms with Crippen LogP contribution in [0.25, 0.3) is 10.2 Å². The smallest absolute Gasteiger partial charge is 0.263 e. The van der Waals surface area contributed by atoms with E-state index in [1.54, 1.807) is 11.3 Å². The van der Waals surface area contributed by atoms with Crippen LogP contribution in [0.5, 0.6) is 0 Å². The lowest BCUT2D eigenvalue weighted by molar-refractivity contribution is 0.682. The van der Waals surface area contributed by atoms with E-state index < -0.39 is 0 Å². The van der Waals surface area contributed by atoms with Crippen molar-refractivity contribution < 1.29 is 0 Å². The summed E-state index contributed by atoms with van der Waals surface area (Å²) in [5.41, 5.74) is -0.0825. The van der Waals surface area contributed by atoms with E-state index in [1.807, 2.05) is 19.1 Å². The summed E-state index contributed by atoms with van der Waals surface area (Å²) in [6.07, 6.45) is 2.55. The monoisotopic (exact) mass is 261 g/mol. The Morgan fingerprint density at radius 2 is 2.28 bits per heavy atom. The summed E-state index contributed by atoms with van der Waals surface area (Å²) in [5.74, 6) is 0.723. The third-order valence-corrected chi connectivity index (χ3v) is 4.01. The van der Waals surface area contributed by atoms with Crippen LogP contribution >= 0.6 is 11.3 Å². The van der Waals surface area contributed by atoms with Crippen molar-refractivity contribution in [2.24, 2.45) is 0 Å². The average Bonchev–Trinajstić information content (AvgIpc) is 2.78. The summed E-state index contributed by atoms with van der Waals surface area (Å²) in [6, 6.07) is 3.94. The highest BCUT2D eigenvalue weighted by Crippen LogP contribution is 2.22. The quantitative estimate of drug-likeness (QED) is 0.849. The van der Waals surface area contributed by atoms with Gasteiger partial charge < -0.3 is 0 Å². The van der Waals surface area contributed by atoms with Crippen LogP contribution in [0.2, 0.25) is 0 Å². The molecule has 2 heterocycles. The maximum Gasteiger partial charge on any atom is 0.263 e. The minimum atomic E-state index is -0.0825. The van der Waals surface area contributed by atoms with Gasteiger partial charge in [0.2, 0.25) is 0 Å². The topological polar surface area (TPSA) is 58.7 Å². The Hall–Kier alpha value is -1.67. The second-order valence-corrected chi connectivity index (χ2v) is 5.23. The molecule has 0 saturated heterocycles. The minimum Gasteiger partial charge on any atom is -0.282 e. The minimum absolute atomic E-state index is 0.0778. The van der Waals surface area contributed by atoms with Gasteiger partial charge in [0.15, 0.2) is 0 Å². The molecule has 0 aromatic carbocycles. The number of fused-ring (bicyclic) bond motifs is 1. The first-order chi connectivity index (χ1) is 8.71. The third kappa shape index (κ3) is 2.16. The van der Waals surface area contributed by atoms with E-state index in [9.17, 15) is 4.79 Å². The van der Waals surface area contributed by atoms with E-state index in [0.29, 0.717) is 5.39 Å². The van der Waals surface area contributed by atoms with E-state index >= 15 is 0 Å². The number of nitrogens with zero attached hydrogens (tertiary/aromatic N) is 3. The largest absolute Gasteiger partial charge is 0.282 e. The number of aromatic nitrogens is 2. The first-order valence-corrected chi connectivity index (χ1v) is 6.92. The van der Waals surface area contributed by atoms with Crippen molar-refractivity contribution in [2.75, 3.05) is 0 Å². The van der Waals surface area contributed by atoms with Crippen LogP contribution in [-0.2, 0) is 19.4 Å². The van der Waals surface area contributed by atoms with Crippen molar-refractivity contribution in [3.8, 4) is 6.07 Å². The Morgan fingerprint density at radius 1 is 1.50 bits per heavy atom. The Labute approximate surface area is 110 Å². The Kier molecular flexibility index (Phi) is 3.78. The van der Waals surface area contributed by atoms with Crippen LogP contribution in [0.3, 0.4) is 0 Å². The fourth-order valence-corrected chi connectivity index (χ4v) is 2.91. The number of hydrogen-bond donors (Lipinski definition) is 0. The molecule has 5 heteroatoms. The van der Waals surface area contributed by atoms with Gasteiger partial charge in [-0.1, -0.05) is 13.8 Å². The first kappa shape index (κ1) is 12.8. The molecule has 0 atom stereocenters. The van der Waals surface area contributed by atoms with Crippen molar-refractivity contribution in [1.29, 1.82) is 5.26 Å². The SMILES string of the molecule is CCCc1nc2sc(CC)cc2c(=O)n1CC#N. The van der Waals surface area contributed by atoms with Gasteiger partial charge in [-0.15, -0.1) is 11.3 Å². The van der Waals surface area contributed by atoms with E-state index in [1.165, 1.54) is 4.57 Å². The summed E-state index contributed by atoms with van der Waals surface area (Å²) in [5, 5.41) is 9.47. The van der Waals surface area contributed by atoms with E-state index in [-0.39, 0.29) is 12.1 Å². The molecular formula is C13H15N3OS. The zero-order valence-electron chi connectivity index (χ0n) is 10.6.